The van der Waals surface area contributed by atoms with Crippen molar-refractivity contribution in [1.29, 1.82) is 5.26 Å². The third-order valence-corrected chi connectivity index (χ3v) is 4.75. The Bertz CT molecular complexity index is 1060. The number of benzene rings is 2. The van der Waals surface area contributed by atoms with Crippen LogP contribution in [0, 0.1) is 25.2 Å². The maximum atomic E-state index is 9.01. The standard InChI is InChI=1S/C21H24N4O/c1-14-9-10-18-20(24-26-15(2)13-23)17-7-4-5-8-19(17)25(12-6-11-22)21(18)16(14)3/h4-5,7-10,15H,6,11-12,22H2,1-3H3/b24-20+. The lowest BCUT2D eigenvalue weighted by atomic mass is 10.0. The summed E-state index contributed by atoms with van der Waals surface area (Å²) in [6, 6.07) is 14.4. The molecule has 1 aromatic heterocycles. The van der Waals surface area contributed by atoms with Gasteiger partial charge in [-0.2, -0.15) is 5.26 Å². The van der Waals surface area contributed by atoms with Gasteiger partial charge in [0.25, 0.3) is 0 Å². The molecule has 2 N–H and O–H groups in total. The summed E-state index contributed by atoms with van der Waals surface area (Å²) in [5, 5.41) is 16.2. The molecule has 0 aliphatic rings. The summed E-state index contributed by atoms with van der Waals surface area (Å²) in [6.45, 7) is 7.42. The zero-order valence-corrected chi connectivity index (χ0v) is 15.5. The summed E-state index contributed by atoms with van der Waals surface area (Å²) < 4.78 is 2.33. The van der Waals surface area contributed by atoms with Gasteiger partial charge >= 0.3 is 0 Å². The summed E-state index contributed by atoms with van der Waals surface area (Å²) in [5.41, 5.74) is 10.5. The second-order valence-electron chi connectivity index (χ2n) is 6.53. The summed E-state index contributed by atoms with van der Waals surface area (Å²) in [5.74, 6) is 0. The van der Waals surface area contributed by atoms with Crippen molar-refractivity contribution in [2.75, 3.05) is 6.54 Å². The van der Waals surface area contributed by atoms with Crippen LogP contribution in [-0.2, 0) is 11.4 Å². The van der Waals surface area contributed by atoms with E-state index in [0.717, 1.165) is 40.1 Å². The largest absolute Gasteiger partial charge is 0.377 e. The molecule has 0 aliphatic heterocycles. The van der Waals surface area contributed by atoms with Crippen LogP contribution in [0.15, 0.2) is 41.6 Å². The van der Waals surface area contributed by atoms with Gasteiger partial charge in [-0.05, 0) is 50.9 Å². The smallest absolute Gasteiger partial charge is 0.209 e. The quantitative estimate of drug-likeness (QED) is 0.566. The van der Waals surface area contributed by atoms with Crippen LogP contribution in [0.1, 0.15) is 24.5 Å². The molecule has 3 rings (SSSR count). The van der Waals surface area contributed by atoms with Crippen LogP contribution in [0.4, 0.5) is 0 Å². The van der Waals surface area contributed by atoms with E-state index in [9.17, 15) is 0 Å². The van der Waals surface area contributed by atoms with Gasteiger partial charge in [-0.1, -0.05) is 35.5 Å². The van der Waals surface area contributed by atoms with Gasteiger partial charge in [-0.15, -0.1) is 0 Å². The number of fused-ring (bicyclic) bond motifs is 2. The summed E-state index contributed by atoms with van der Waals surface area (Å²) in [4.78, 5) is 5.42. The minimum absolute atomic E-state index is 0.597. The Balaban J connectivity index is 2.46. The maximum Gasteiger partial charge on any atom is 0.209 e. The van der Waals surface area contributed by atoms with E-state index in [2.05, 4.69) is 47.8 Å². The van der Waals surface area contributed by atoms with Crippen LogP contribution in [0.2, 0.25) is 0 Å². The van der Waals surface area contributed by atoms with E-state index < -0.39 is 6.10 Å². The van der Waals surface area contributed by atoms with Crippen molar-refractivity contribution in [3.63, 3.8) is 0 Å². The Morgan fingerprint density at radius 1 is 1.19 bits per heavy atom. The van der Waals surface area contributed by atoms with Crippen molar-refractivity contribution in [1.82, 2.24) is 4.57 Å². The van der Waals surface area contributed by atoms with Crippen molar-refractivity contribution < 1.29 is 4.84 Å². The van der Waals surface area contributed by atoms with E-state index in [1.165, 1.54) is 11.1 Å². The fourth-order valence-electron chi connectivity index (χ4n) is 3.25. The molecule has 134 valence electrons. The molecule has 3 aromatic rings. The number of nitrogens with zero attached hydrogens (tertiary/aromatic N) is 3. The average Bonchev–Trinajstić information content (AvgIpc) is 2.67. The molecule has 0 spiro atoms. The van der Waals surface area contributed by atoms with Gasteiger partial charge in [0.05, 0.1) is 11.0 Å². The third-order valence-electron chi connectivity index (χ3n) is 4.75. The molecule has 0 saturated heterocycles. The first-order chi connectivity index (χ1) is 12.6. The Kier molecular flexibility index (Phi) is 5.24. The molecule has 0 aliphatic carbocycles. The van der Waals surface area contributed by atoms with E-state index in [0.29, 0.717) is 6.54 Å². The van der Waals surface area contributed by atoms with Gasteiger partial charge in [-0.3, -0.25) is 0 Å². The van der Waals surface area contributed by atoms with E-state index >= 15 is 0 Å². The molecule has 0 bridgehead atoms. The average molecular weight is 348 g/mol. The van der Waals surface area contributed by atoms with Crippen LogP contribution >= 0.6 is 0 Å². The molecular weight excluding hydrogens is 324 g/mol. The lowest BCUT2D eigenvalue weighted by Crippen LogP contribution is -2.17. The van der Waals surface area contributed by atoms with Crippen molar-refractivity contribution >= 4 is 21.8 Å². The topological polar surface area (TPSA) is 76.3 Å². The number of pyridine rings is 1. The SMILES string of the molecule is Cc1ccc2/c(=N/OC(C)C#N)c3ccccc3n(CCCN)c2c1C. The molecule has 0 saturated carbocycles. The van der Waals surface area contributed by atoms with E-state index in [1.807, 2.05) is 18.2 Å². The Morgan fingerprint density at radius 3 is 2.69 bits per heavy atom. The zero-order valence-electron chi connectivity index (χ0n) is 15.5. The van der Waals surface area contributed by atoms with Crippen LogP contribution in [-0.4, -0.2) is 17.2 Å². The van der Waals surface area contributed by atoms with Gasteiger partial charge in [-0.25, -0.2) is 0 Å². The van der Waals surface area contributed by atoms with Crippen LogP contribution < -0.4 is 11.1 Å². The first kappa shape index (κ1) is 18.0. The highest BCUT2D eigenvalue weighted by Gasteiger charge is 2.13. The second kappa shape index (κ2) is 7.59. The van der Waals surface area contributed by atoms with Gasteiger partial charge in [0.2, 0.25) is 6.10 Å². The van der Waals surface area contributed by atoms with E-state index in [1.54, 1.807) is 6.92 Å². The van der Waals surface area contributed by atoms with Crippen molar-refractivity contribution in [3.05, 3.63) is 52.9 Å². The number of hydrogen-bond acceptors (Lipinski definition) is 4. The molecular formula is C21H24N4O. The number of rotatable bonds is 5. The molecule has 2 aromatic carbocycles. The Hall–Kier alpha value is -2.84. The lowest BCUT2D eigenvalue weighted by molar-refractivity contribution is 0.102. The van der Waals surface area contributed by atoms with Crippen molar-refractivity contribution in [2.45, 2.75) is 39.8 Å². The van der Waals surface area contributed by atoms with Gasteiger partial charge in [0, 0.05) is 17.3 Å². The Morgan fingerprint density at radius 2 is 1.96 bits per heavy atom. The van der Waals surface area contributed by atoms with E-state index in [4.69, 9.17) is 15.8 Å². The number of hydrogen-bond donors (Lipinski definition) is 1. The second-order valence-corrected chi connectivity index (χ2v) is 6.53. The maximum absolute atomic E-state index is 9.01. The molecule has 1 atom stereocenters. The lowest BCUT2D eigenvalue weighted by Gasteiger charge is -2.19. The number of aromatic nitrogens is 1. The first-order valence-electron chi connectivity index (χ1n) is 8.89. The fourth-order valence-corrected chi connectivity index (χ4v) is 3.25. The third kappa shape index (κ3) is 3.16. The molecule has 5 heteroatoms. The van der Waals surface area contributed by atoms with Gasteiger partial charge < -0.3 is 15.1 Å². The molecule has 26 heavy (non-hydrogen) atoms. The van der Waals surface area contributed by atoms with Gasteiger partial charge in [0.15, 0.2) is 0 Å². The minimum atomic E-state index is -0.597. The summed E-state index contributed by atoms with van der Waals surface area (Å²) >= 11 is 0. The van der Waals surface area contributed by atoms with Crippen LogP contribution in [0.5, 0.6) is 0 Å². The summed E-state index contributed by atoms with van der Waals surface area (Å²) in [7, 11) is 0. The van der Waals surface area contributed by atoms with E-state index in [-0.39, 0.29) is 0 Å². The normalized spacial score (nSPS) is 13.1. The van der Waals surface area contributed by atoms with Crippen molar-refractivity contribution in [2.24, 2.45) is 10.9 Å². The Labute approximate surface area is 153 Å². The van der Waals surface area contributed by atoms with Crippen LogP contribution in [0.25, 0.3) is 21.8 Å². The number of aryl methyl sites for hydroxylation is 3. The molecule has 1 unspecified atom stereocenters. The highest BCUT2D eigenvalue weighted by molar-refractivity contribution is 5.95. The molecule has 0 amide bonds. The van der Waals surface area contributed by atoms with Gasteiger partial charge in [0.1, 0.15) is 11.4 Å². The summed E-state index contributed by atoms with van der Waals surface area (Å²) in [6.07, 6.45) is 0.301. The highest BCUT2D eigenvalue weighted by Crippen LogP contribution is 2.24. The first-order valence-corrected chi connectivity index (χ1v) is 8.89. The minimum Gasteiger partial charge on any atom is -0.377 e. The number of nitrogens with two attached hydrogens (primary N) is 1. The molecule has 0 radical (unpaired) electrons. The molecule has 1 heterocycles. The van der Waals surface area contributed by atoms with Crippen molar-refractivity contribution in [3.8, 4) is 6.07 Å². The predicted octanol–water partition coefficient (Wildman–Crippen LogP) is 3.50. The van der Waals surface area contributed by atoms with Crippen LogP contribution in [0.3, 0.4) is 0 Å². The predicted molar refractivity (Wildman–Crippen MR) is 104 cm³/mol. The fraction of sp³-hybridized carbons (Fsp3) is 0.333. The number of nitriles is 1. The monoisotopic (exact) mass is 348 g/mol. The zero-order chi connectivity index (χ0) is 18.7. The molecule has 5 nitrogen and oxygen atoms in total. The number of para-hydroxylation sites is 1. The molecule has 0 fully saturated rings. The highest BCUT2D eigenvalue weighted by atomic mass is 16.6.